The summed E-state index contributed by atoms with van der Waals surface area (Å²) in [5, 5.41) is 0. The molecular weight excluding hydrogens is 464 g/mol. The number of hydrogen-bond acceptors (Lipinski definition) is 6. The lowest BCUT2D eigenvalue weighted by Gasteiger charge is -2.31. The topological polar surface area (TPSA) is 73.4 Å². The van der Waals surface area contributed by atoms with Crippen molar-refractivity contribution in [3.8, 4) is 17.3 Å². The number of fused-ring (bicyclic) bond motifs is 1. The van der Waals surface area contributed by atoms with Crippen LogP contribution < -0.4 is 15.2 Å². The number of rotatable bonds is 7. The number of methoxy groups -OCH3 is 1. The Balaban J connectivity index is 1.52. The Hall–Kier alpha value is -4.39. The van der Waals surface area contributed by atoms with E-state index in [1.54, 1.807) is 7.05 Å². The molecule has 1 saturated carbocycles. The van der Waals surface area contributed by atoms with Gasteiger partial charge in [-0.1, -0.05) is 66.7 Å². The SMILES string of the molecule is COc1c(-c2nc3ccccc3o2)nc(N(C)C(c2ccccc2)c2cccc(C3CC3)c2)n(C)c1=O. The summed E-state index contributed by atoms with van der Waals surface area (Å²) in [5.74, 6) is 1.46. The number of para-hydroxylation sites is 2. The highest BCUT2D eigenvalue weighted by Gasteiger charge is 2.29. The zero-order chi connectivity index (χ0) is 25.5. The van der Waals surface area contributed by atoms with E-state index in [1.165, 1.54) is 30.1 Å². The molecule has 0 radical (unpaired) electrons. The summed E-state index contributed by atoms with van der Waals surface area (Å²) in [6.07, 6.45) is 2.47. The van der Waals surface area contributed by atoms with E-state index in [0.717, 1.165) is 11.1 Å². The Morgan fingerprint density at radius 3 is 2.43 bits per heavy atom. The first kappa shape index (κ1) is 23.0. The van der Waals surface area contributed by atoms with Gasteiger partial charge in [0.2, 0.25) is 11.7 Å². The molecule has 6 rings (SSSR count). The third-order valence-electron chi connectivity index (χ3n) is 7.02. The van der Waals surface area contributed by atoms with E-state index in [2.05, 4.69) is 41.4 Å². The molecular formula is C30H28N4O3. The Morgan fingerprint density at radius 2 is 1.70 bits per heavy atom. The van der Waals surface area contributed by atoms with Crippen molar-refractivity contribution in [2.75, 3.05) is 19.1 Å². The predicted molar refractivity (Wildman–Crippen MR) is 144 cm³/mol. The van der Waals surface area contributed by atoms with E-state index >= 15 is 0 Å². The van der Waals surface area contributed by atoms with Gasteiger partial charge in [0.1, 0.15) is 5.52 Å². The van der Waals surface area contributed by atoms with Gasteiger partial charge in [0.25, 0.3) is 11.4 Å². The van der Waals surface area contributed by atoms with Crippen molar-refractivity contribution in [3.05, 3.63) is 106 Å². The molecule has 7 heteroatoms. The maximum absolute atomic E-state index is 13.5. The molecule has 7 nitrogen and oxygen atoms in total. The summed E-state index contributed by atoms with van der Waals surface area (Å²) in [6, 6.07) is 26.3. The van der Waals surface area contributed by atoms with Crippen molar-refractivity contribution < 1.29 is 9.15 Å². The quantitative estimate of drug-likeness (QED) is 0.290. The smallest absolute Gasteiger partial charge is 0.297 e. The second-order valence-electron chi connectivity index (χ2n) is 9.51. The van der Waals surface area contributed by atoms with Crippen LogP contribution in [0.4, 0.5) is 5.95 Å². The Kier molecular flexibility index (Phi) is 5.75. The molecule has 186 valence electrons. The molecule has 1 aliphatic rings. The first-order chi connectivity index (χ1) is 18.0. The van der Waals surface area contributed by atoms with Gasteiger partial charge < -0.3 is 14.1 Å². The fraction of sp³-hybridized carbons (Fsp3) is 0.233. The third kappa shape index (κ3) is 4.16. The Bertz CT molecular complexity index is 1600. The predicted octanol–water partition coefficient (Wildman–Crippen LogP) is 5.70. The summed E-state index contributed by atoms with van der Waals surface area (Å²) in [5.41, 5.74) is 4.89. The van der Waals surface area contributed by atoms with Gasteiger partial charge in [0.15, 0.2) is 11.3 Å². The second kappa shape index (κ2) is 9.24. The molecule has 0 aliphatic heterocycles. The molecule has 1 aliphatic carbocycles. The van der Waals surface area contributed by atoms with Gasteiger partial charge in [-0.2, -0.15) is 0 Å². The third-order valence-corrected chi connectivity index (χ3v) is 7.02. The van der Waals surface area contributed by atoms with Crippen LogP contribution in [0.3, 0.4) is 0 Å². The summed E-state index contributed by atoms with van der Waals surface area (Å²) in [6.45, 7) is 0. The van der Waals surface area contributed by atoms with Crippen LogP contribution in [0.2, 0.25) is 0 Å². The molecule has 1 fully saturated rings. The van der Waals surface area contributed by atoms with Crippen LogP contribution in [0, 0.1) is 0 Å². The van der Waals surface area contributed by atoms with Crippen molar-refractivity contribution >= 4 is 17.0 Å². The lowest BCUT2D eigenvalue weighted by atomic mass is 9.95. The number of oxazole rings is 1. The maximum Gasteiger partial charge on any atom is 0.297 e. The zero-order valence-electron chi connectivity index (χ0n) is 21.1. The van der Waals surface area contributed by atoms with Gasteiger partial charge in [0, 0.05) is 14.1 Å². The standard InChI is InChI=1S/C30H28N4O3/c1-33(26(20-10-5-4-6-11-20)22-13-9-12-21(18-22)19-16-17-19)30-32-25(27(36-3)29(35)34(30)2)28-31-23-14-7-8-15-24(23)37-28/h4-15,18-19,26H,16-17H2,1-3H3. The molecule has 5 aromatic rings. The van der Waals surface area contributed by atoms with Crippen molar-refractivity contribution in [2.45, 2.75) is 24.8 Å². The highest BCUT2D eigenvalue weighted by Crippen LogP contribution is 2.42. The maximum atomic E-state index is 13.5. The highest BCUT2D eigenvalue weighted by atomic mass is 16.5. The van der Waals surface area contributed by atoms with E-state index < -0.39 is 0 Å². The molecule has 3 aromatic carbocycles. The van der Waals surface area contributed by atoms with Crippen LogP contribution in [0.25, 0.3) is 22.7 Å². The van der Waals surface area contributed by atoms with E-state index in [1.807, 2.05) is 54.4 Å². The largest absolute Gasteiger partial charge is 0.489 e. The molecule has 37 heavy (non-hydrogen) atoms. The number of aromatic nitrogens is 3. The first-order valence-corrected chi connectivity index (χ1v) is 12.4. The van der Waals surface area contributed by atoms with Gasteiger partial charge in [-0.05, 0) is 47.6 Å². The minimum atomic E-state index is -0.310. The Morgan fingerprint density at radius 1 is 0.973 bits per heavy atom. The van der Waals surface area contributed by atoms with Crippen LogP contribution >= 0.6 is 0 Å². The monoisotopic (exact) mass is 492 g/mol. The van der Waals surface area contributed by atoms with E-state index in [-0.39, 0.29) is 28.9 Å². The minimum absolute atomic E-state index is 0.0956. The first-order valence-electron chi connectivity index (χ1n) is 12.4. The van der Waals surface area contributed by atoms with E-state index in [0.29, 0.717) is 23.0 Å². The molecule has 1 unspecified atom stereocenters. The molecule has 2 aromatic heterocycles. The normalized spacial score (nSPS) is 14.0. The van der Waals surface area contributed by atoms with Gasteiger partial charge in [-0.3, -0.25) is 9.36 Å². The molecule has 0 saturated heterocycles. The summed E-state index contributed by atoms with van der Waals surface area (Å²) in [7, 11) is 5.14. The number of ether oxygens (including phenoxy) is 1. The molecule has 0 N–H and O–H groups in total. The van der Waals surface area contributed by atoms with Crippen LogP contribution in [0.15, 0.2) is 88.1 Å². The van der Waals surface area contributed by atoms with Crippen LogP contribution in [-0.4, -0.2) is 28.7 Å². The number of anilines is 1. The van der Waals surface area contributed by atoms with E-state index in [9.17, 15) is 4.79 Å². The van der Waals surface area contributed by atoms with Crippen LogP contribution in [0.5, 0.6) is 5.75 Å². The molecule has 2 heterocycles. The molecule has 1 atom stereocenters. The summed E-state index contributed by atoms with van der Waals surface area (Å²) in [4.78, 5) is 25.0. The molecule has 0 amide bonds. The average Bonchev–Trinajstić information content (AvgIpc) is 3.69. The van der Waals surface area contributed by atoms with Crippen molar-refractivity contribution in [1.82, 2.24) is 14.5 Å². The summed E-state index contributed by atoms with van der Waals surface area (Å²) >= 11 is 0. The number of nitrogens with zero attached hydrogens (tertiary/aromatic N) is 4. The van der Waals surface area contributed by atoms with Gasteiger partial charge in [-0.15, -0.1) is 0 Å². The number of benzene rings is 3. The lowest BCUT2D eigenvalue weighted by Crippen LogP contribution is -2.33. The van der Waals surface area contributed by atoms with Gasteiger partial charge in [0.05, 0.1) is 13.2 Å². The fourth-order valence-corrected chi connectivity index (χ4v) is 4.98. The van der Waals surface area contributed by atoms with Crippen molar-refractivity contribution in [1.29, 1.82) is 0 Å². The number of hydrogen-bond donors (Lipinski definition) is 0. The fourth-order valence-electron chi connectivity index (χ4n) is 4.98. The second-order valence-corrected chi connectivity index (χ2v) is 9.51. The summed E-state index contributed by atoms with van der Waals surface area (Å²) < 4.78 is 13.0. The zero-order valence-corrected chi connectivity index (χ0v) is 21.1. The lowest BCUT2D eigenvalue weighted by molar-refractivity contribution is 0.401. The minimum Gasteiger partial charge on any atom is -0.489 e. The average molecular weight is 493 g/mol. The highest BCUT2D eigenvalue weighted by molar-refractivity contribution is 5.76. The van der Waals surface area contributed by atoms with Gasteiger partial charge in [-0.25, -0.2) is 9.97 Å². The van der Waals surface area contributed by atoms with Crippen LogP contribution in [-0.2, 0) is 7.05 Å². The Labute approximate surface area is 215 Å². The van der Waals surface area contributed by atoms with E-state index in [4.69, 9.17) is 14.1 Å². The van der Waals surface area contributed by atoms with Gasteiger partial charge >= 0.3 is 0 Å². The van der Waals surface area contributed by atoms with Crippen molar-refractivity contribution in [2.24, 2.45) is 7.05 Å². The van der Waals surface area contributed by atoms with Crippen LogP contribution in [0.1, 0.15) is 41.5 Å². The van der Waals surface area contributed by atoms with Crippen molar-refractivity contribution in [3.63, 3.8) is 0 Å². The molecule has 0 bridgehead atoms. The molecule has 0 spiro atoms.